The number of anilines is 2. The Bertz CT molecular complexity index is 1620. The first-order chi connectivity index (χ1) is 20.0. The van der Waals surface area contributed by atoms with Crippen molar-refractivity contribution in [2.24, 2.45) is 0 Å². The molecule has 0 spiro atoms. The second kappa shape index (κ2) is 14.2. The van der Waals surface area contributed by atoms with Gasteiger partial charge in [0, 0.05) is 37.1 Å². The van der Waals surface area contributed by atoms with Gasteiger partial charge in [-0.25, -0.2) is 17.6 Å². The zero-order chi connectivity index (χ0) is 30.6. The summed E-state index contributed by atoms with van der Waals surface area (Å²) in [6.07, 6.45) is 10.2. The number of aromatic nitrogens is 2. The van der Waals surface area contributed by atoms with E-state index in [1.54, 1.807) is 0 Å². The van der Waals surface area contributed by atoms with E-state index in [0.29, 0.717) is 39.6 Å². The van der Waals surface area contributed by atoms with Crippen molar-refractivity contribution in [1.82, 2.24) is 4.57 Å². The third-order valence-electron chi connectivity index (χ3n) is 7.44. The molecule has 0 saturated heterocycles. The average molecular weight is 675 g/mol. The molecule has 2 aromatic carbocycles. The first kappa shape index (κ1) is 33.0. The normalized spacial score (nSPS) is 14.7. The Morgan fingerprint density at radius 3 is 2.10 bits per heavy atom. The standard InChI is InChI=1S/C30H36Cl4N4O3S/c1-4-7-8-14-37-27-19-23(33)21(31)17-25(27)35(5-2)29(37)12-11-13-30-36(6-3)26-18-22(32)24(34)20-28(26)38(30)15-9-10-16-42(39,40)41/h11-13,17-20H,4-10,14-16H2,1-3H3. The zero-order valence-electron chi connectivity index (χ0n) is 24.0. The molecule has 1 aliphatic heterocycles. The molecule has 4 rings (SSSR count). The lowest BCUT2D eigenvalue weighted by molar-refractivity contribution is -0.674. The van der Waals surface area contributed by atoms with Crippen LogP contribution in [0, 0.1) is 0 Å². The molecule has 3 aromatic rings. The van der Waals surface area contributed by atoms with Crippen molar-refractivity contribution in [1.29, 1.82) is 0 Å². The Kier molecular flexibility index (Phi) is 11.2. The lowest BCUT2D eigenvalue weighted by Gasteiger charge is -2.24. The Morgan fingerprint density at radius 2 is 1.48 bits per heavy atom. The number of nitrogens with zero attached hydrogens (tertiary/aromatic N) is 4. The number of hydrogen-bond acceptors (Lipinski definition) is 5. The maximum Gasteiger partial charge on any atom is 0.282 e. The molecule has 42 heavy (non-hydrogen) atoms. The molecule has 228 valence electrons. The summed E-state index contributed by atoms with van der Waals surface area (Å²) in [6.45, 7) is 9.15. The molecular weight excluding hydrogens is 638 g/mol. The number of hydrogen-bond donors (Lipinski definition) is 0. The molecule has 7 nitrogen and oxygen atoms in total. The fraction of sp³-hybridized carbons (Fsp3) is 0.433. The van der Waals surface area contributed by atoms with E-state index in [2.05, 4.69) is 45.8 Å². The van der Waals surface area contributed by atoms with Gasteiger partial charge in [0.1, 0.15) is 5.82 Å². The molecule has 0 radical (unpaired) electrons. The molecular formula is C30H36Cl4N4O3S. The molecule has 1 aromatic heterocycles. The van der Waals surface area contributed by atoms with Crippen LogP contribution >= 0.6 is 46.4 Å². The van der Waals surface area contributed by atoms with Crippen LogP contribution < -0.4 is 14.4 Å². The van der Waals surface area contributed by atoms with Crippen molar-refractivity contribution >= 4 is 85.0 Å². The van der Waals surface area contributed by atoms with E-state index in [1.807, 2.05) is 36.4 Å². The first-order valence-corrected chi connectivity index (χ1v) is 17.4. The van der Waals surface area contributed by atoms with Crippen molar-refractivity contribution in [2.75, 3.05) is 28.6 Å². The first-order valence-electron chi connectivity index (χ1n) is 14.3. The van der Waals surface area contributed by atoms with Crippen LogP contribution in [0.5, 0.6) is 0 Å². The largest absolute Gasteiger partial charge is 0.748 e. The van der Waals surface area contributed by atoms with Crippen LogP contribution in [0.2, 0.25) is 20.1 Å². The van der Waals surface area contributed by atoms with Gasteiger partial charge in [0.25, 0.3) is 5.82 Å². The molecule has 0 atom stereocenters. The summed E-state index contributed by atoms with van der Waals surface area (Å²) in [5.41, 5.74) is 3.87. The van der Waals surface area contributed by atoms with Crippen molar-refractivity contribution in [3.05, 3.63) is 68.2 Å². The van der Waals surface area contributed by atoms with Crippen molar-refractivity contribution < 1.29 is 17.5 Å². The van der Waals surface area contributed by atoms with Gasteiger partial charge in [-0.2, -0.15) is 0 Å². The van der Waals surface area contributed by atoms with Crippen LogP contribution in [-0.2, 0) is 23.2 Å². The number of halogens is 4. The van der Waals surface area contributed by atoms with Gasteiger partial charge in [-0.05, 0) is 57.7 Å². The second-order valence-corrected chi connectivity index (χ2v) is 13.4. The summed E-state index contributed by atoms with van der Waals surface area (Å²) in [4.78, 5) is 4.25. The maximum atomic E-state index is 11.2. The molecule has 0 unspecified atom stereocenters. The SMILES string of the molecule is CCCCC[n+]1c(C=CC=C2N(CC)c3cc(Cl)c(Cl)cc3N2CCCCS(=O)(=O)[O-])n(CC)c2cc(Cl)c(Cl)cc21. The van der Waals surface area contributed by atoms with Crippen LogP contribution in [0.3, 0.4) is 0 Å². The third-order valence-corrected chi connectivity index (χ3v) is 9.67. The van der Waals surface area contributed by atoms with E-state index in [4.69, 9.17) is 46.4 Å². The molecule has 0 bridgehead atoms. The number of imidazole rings is 1. The van der Waals surface area contributed by atoms with Crippen LogP contribution in [0.4, 0.5) is 11.4 Å². The summed E-state index contributed by atoms with van der Waals surface area (Å²) in [7, 11) is -4.27. The summed E-state index contributed by atoms with van der Waals surface area (Å²) in [6, 6.07) is 7.56. The van der Waals surface area contributed by atoms with E-state index < -0.39 is 10.1 Å². The van der Waals surface area contributed by atoms with Gasteiger partial charge < -0.3 is 14.4 Å². The van der Waals surface area contributed by atoms with Crippen molar-refractivity contribution in [2.45, 2.75) is 66.0 Å². The van der Waals surface area contributed by atoms with E-state index in [0.717, 1.165) is 66.4 Å². The van der Waals surface area contributed by atoms with E-state index in [-0.39, 0.29) is 12.2 Å². The number of allylic oxidation sites excluding steroid dienone is 2. The summed E-state index contributed by atoms with van der Waals surface area (Å²) in [5.74, 6) is 1.56. The summed E-state index contributed by atoms with van der Waals surface area (Å²) < 4.78 is 38.0. The maximum absolute atomic E-state index is 11.2. The molecule has 1 aliphatic rings. The minimum Gasteiger partial charge on any atom is -0.748 e. The number of rotatable bonds is 13. The van der Waals surface area contributed by atoms with Gasteiger partial charge in [0.2, 0.25) is 0 Å². The van der Waals surface area contributed by atoms with Gasteiger partial charge >= 0.3 is 0 Å². The number of aryl methyl sites for hydroxylation is 2. The van der Waals surface area contributed by atoms with Crippen LogP contribution in [0.1, 0.15) is 58.7 Å². The molecule has 0 N–H and O–H groups in total. The smallest absolute Gasteiger partial charge is 0.282 e. The zero-order valence-corrected chi connectivity index (χ0v) is 27.9. The number of unbranched alkanes of at least 4 members (excludes halogenated alkanes) is 3. The van der Waals surface area contributed by atoms with Gasteiger partial charge in [-0.15, -0.1) is 0 Å². The third kappa shape index (κ3) is 7.22. The van der Waals surface area contributed by atoms with Gasteiger partial charge in [-0.1, -0.05) is 65.8 Å². The van der Waals surface area contributed by atoms with E-state index >= 15 is 0 Å². The Labute approximate surface area is 268 Å². The molecule has 2 heterocycles. The second-order valence-electron chi connectivity index (χ2n) is 10.2. The highest BCUT2D eigenvalue weighted by molar-refractivity contribution is 7.85. The van der Waals surface area contributed by atoms with Gasteiger partial charge in [0.05, 0.1) is 54.7 Å². The fourth-order valence-electron chi connectivity index (χ4n) is 5.49. The summed E-state index contributed by atoms with van der Waals surface area (Å²) >= 11 is 25.7. The summed E-state index contributed by atoms with van der Waals surface area (Å²) in [5, 5.41) is 1.95. The van der Waals surface area contributed by atoms with Crippen molar-refractivity contribution in [3.8, 4) is 0 Å². The Morgan fingerprint density at radius 1 is 0.833 bits per heavy atom. The lowest BCUT2D eigenvalue weighted by Crippen LogP contribution is -2.36. The number of fused-ring (bicyclic) bond motifs is 2. The molecule has 0 amide bonds. The van der Waals surface area contributed by atoms with Crippen molar-refractivity contribution in [3.63, 3.8) is 0 Å². The molecule has 12 heteroatoms. The predicted octanol–water partition coefficient (Wildman–Crippen LogP) is 8.28. The van der Waals surface area contributed by atoms with E-state index in [1.165, 1.54) is 0 Å². The Balaban J connectivity index is 1.76. The highest BCUT2D eigenvalue weighted by Gasteiger charge is 2.31. The van der Waals surface area contributed by atoms with E-state index in [9.17, 15) is 13.0 Å². The topological polar surface area (TPSA) is 72.5 Å². The quantitative estimate of drug-likeness (QED) is 0.104. The van der Waals surface area contributed by atoms with Crippen LogP contribution in [0.15, 0.2) is 42.2 Å². The minimum atomic E-state index is -4.27. The number of benzene rings is 2. The van der Waals surface area contributed by atoms with Gasteiger partial charge in [0.15, 0.2) is 11.0 Å². The molecule has 0 saturated carbocycles. The monoisotopic (exact) mass is 672 g/mol. The fourth-order valence-corrected chi connectivity index (χ4v) is 6.67. The molecule has 0 fully saturated rings. The van der Waals surface area contributed by atoms with Crippen LogP contribution in [0.25, 0.3) is 17.1 Å². The highest BCUT2D eigenvalue weighted by Crippen LogP contribution is 2.45. The predicted molar refractivity (Wildman–Crippen MR) is 175 cm³/mol. The lowest BCUT2D eigenvalue weighted by atomic mass is 10.2. The highest BCUT2D eigenvalue weighted by atomic mass is 35.5. The minimum absolute atomic E-state index is 0.272. The Hall–Kier alpha value is -1.94. The van der Waals surface area contributed by atoms with Crippen LogP contribution in [-0.4, -0.2) is 36.4 Å². The average Bonchev–Trinajstić information content (AvgIpc) is 3.37. The molecule has 0 aliphatic carbocycles. The van der Waals surface area contributed by atoms with Gasteiger partial charge in [-0.3, -0.25) is 0 Å².